The van der Waals surface area contributed by atoms with Gasteiger partial charge in [-0.25, -0.2) is 0 Å². The van der Waals surface area contributed by atoms with Crippen molar-refractivity contribution >= 4 is 0 Å². The van der Waals surface area contributed by atoms with Gasteiger partial charge in [0.25, 0.3) is 5.56 Å². The predicted octanol–water partition coefficient (Wildman–Crippen LogP) is 3.02. The molecule has 0 spiro atoms. The molecule has 5 nitrogen and oxygen atoms in total. The third kappa shape index (κ3) is 2.33. The number of aromatic nitrogens is 2. The largest absolute Gasteiger partial charge is 0.493 e. The van der Waals surface area contributed by atoms with Gasteiger partial charge in [-0.2, -0.15) is 4.98 Å². The van der Waals surface area contributed by atoms with E-state index in [1.54, 1.807) is 25.1 Å². The van der Waals surface area contributed by atoms with Crippen LogP contribution in [-0.4, -0.2) is 15.1 Å². The number of aromatic amines is 1. The SMILES string of the molecule is Cc1ccc(-c2c(O)nc(-c3ccoc3C)[nH]c2=O)cc1. The van der Waals surface area contributed by atoms with Gasteiger partial charge in [0.2, 0.25) is 5.88 Å². The first kappa shape index (κ1) is 13.2. The van der Waals surface area contributed by atoms with Gasteiger partial charge < -0.3 is 14.5 Å². The van der Waals surface area contributed by atoms with E-state index >= 15 is 0 Å². The first-order chi connectivity index (χ1) is 10.1. The van der Waals surface area contributed by atoms with E-state index in [0.717, 1.165) is 5.56 Å². The van der Waals surface area contributed by atoms with Crippen molar-refractivity contribution in [3.05, 3.63) is 58.3 Å². The monoisotopic (exact) mass is 282 g/mol. The molecule has 106 valence electrons. The van der Waals surface area contributed by atoms with Gasteiger partial charge in [-0.3, -0.25) is 4.79 Å². The molecular weight excluding hydrogens is 268 g/mol. The summed E-state index contributed by atoms with van der Waals surface area (Å²) in [5.41, 5.74) is 2.13. The van der Waals surface area contributed by atoms with Gasteiger partial charge in [-0.15, -0.1) is 0 Å². The van der Waals surface area contributed by atoms with Gasteiger partial charge in [0.05, 0.1) is 11.8 Å². The summed E-state index contributed by atoms with van der Waals surface area (Å²) in [5.74, 6) is 0.624. The summed E-state index contributed by atoms with van der Waals surface area (Å²) >= 11 is 0. The van der Waals surface area contributed by atoms with Crippen LogP contribution in [0.1, 0.15) is 11.3 Å². The Balaban J connectivity index is 2.15. The van der Waals surface area contributed by atoms with Gasteiger partial charge in [0.15, 0.2) is 0 Å². The molecule has 0 aliphatic heterocycles. The maximum absolute atomic E-state index is 12.3. The third-order valence-electron chi connectivity index (χ3n) is 3.35. The Kier molecular flexibility index (Phi) is 3.10. The second kappa shape index (κ2) is 4.94. The summed E-state index contributed by atoms with van der Waals surface area (Å²) in [6.07, 6.45) is 1.51. The fraction of sp³-hybridized carbons (Fsp3) is 0.125. The van der Waals surface area contributed by atoms with Crippen LogP contribution in [0.3, 0.4) is 0 Å². The highest BCUT2D eigenvalue weighted by atomic mass is 16.3. The van der Waals surface area contributed by atoms with Crippen molar-refractivity contribution in [2.45, 2.75) is 13.8 Å². The number of nitrogens with zero attached hydrogens (tertiary/aromatic N) is 1. The lowest BCUT2D eigenvalue weighted by Crippen LogP contribution is -2.12. The number of furan rings is 1. The summed E-state index contributed by atoms with van der Waals surface area (Å²) in [6.45, 7) is 3.72. The minimum atomic E-state index is -0.387. The van der Waals surface area contributed by atoms with Gasteiger partial charge in [0, 0.05) is 0 Å². The Hall–Kier alpha value is -2.82. The Morgan fingerprint density at radius 1 is 1.14 bits per heavy atom. The molecule has 0 radical (unpaired) electrons. The van der Waals surface area contributed by atoms with Crippen LogP contribution in [0.4, 0.5) is 0 Å². The van der Waals surface area contributed by atoms with E-state index < -0.39 is 0 Å². The zero-order valence-corrected chi connectivity index (χ0v) is 11.7. The van der Waals surface area contributed by atoms with E-state index in [1.807, 2.05) is 19.1 Å². The molecular formula is C16H14N2O3. The van der Waals surface area contributed by atoms with E-state index in [4.69, 9.17) is 4.42 Å². The quantitative estimate of drug-likeness (QED) is 0.757. The standard InChI is InChI=1S/C16H14N2O3/c1-9-3-5-11(6-4-9)13-15(19)17-14(18-16(13)20)12-7-8-21-10(12)2/h3-8H,1-2H3,(H2,17,18,19,20). The number of benzene rings is 1. The minimum absolute atomic E-state index is 0.167. The van der Waals surface area contributed by atoms with Crippen LogP contribution < -0.4 is 5.56 Å². The van der Waals surface area contributed by atoms with E-state index in [1.165, 1.54) is 6.26 Å². The fourth-order valence-electron chi connectivity index (χ4n) is 2.20. The lowest BCUT2D eigenvalue weighted by atomic mass is 10.1. The van der Waals surface area contributed by atoms with Crippen LogP contribution in [-0.2, 0) is 0 Å². The molecule has 0 saturated carbocycles. The minimum Gasteiger partial charge on any atom is -0.493 e. The van der Waals surface area contributed by atoms with Crippen molar-refractivity contribution in [3.63, 3.8) is 0 Å². The van der Waals surface area contributed by atoms with Crippen molar-refractivity contribution in [1.82, 2.24) is 9.97 Å². The van der Waals surface area contributed by atoms with Crippen molar-refractivity contribution in [2.24, 2.45) is 0 Å². The van der Waals surface area contributed by atoms with Gasteiger partial charge in [0.1, 0.15) is 17.1 Å². The van der Waals surface area contributed by atoms with Crippen LogP contribution >= 0.6 is 0 Å². The topological polar surface area (TPSA) is 79.1 Å². The molecule has 1 aromatic carbocycles. The summed E-state index contributed by atoms with van der Waals surface area (Å²) in [4.78, 5) is 19.0. The highest BCUT2D eigenvalue weighted by Crippen LogP contribution is 2.27. The molecule has 0 amide bonds. The van der Waals surface area contributed by atoms with Crippen LogP contribution in [0.25, 0.3) is 22.5 Å². The van der Waals surface area contributed by atoms with E-state index in [2.05, 4.69) is 9.97 Å². The zero-order chi connectivity index (χ0) is 15.0. The Bertz CT molecular complexity index is 845. The molecule has 0 aliphatic carbocycles. The lowest BCUT2D eigenvalue weighted by Gasteiger charge is -2.06. The van der Waals surface area contributed by atoms with Crippen molar-refractivity contribution < 1.29 is 9.52 Å². The molecule has 0 fully saturated rings. The Morgan fingerprint density at radius 3 is 2.43 bits per heavy atom. The zero-order valence-electron chi connectivity index (χ0n) is 11.7. The summed E-state index contributed by atoms with van der Waals surface area (Å²) in [6, 6.07) is 9.01. The van der Waals surface area contributed by atoms with Crippen molar-refractivity contribution in [2.75, 3.05) is 0 Å². The molecule has 2 heterocycles. The summed E-state index contributed by atoms with van der Waals surface area (Å²) in [5, 5.41) is 10.1. The number of H-pyrrole nitrogens is 1. The first-order valence-corrected chi connectivity index (χ1v) is 6.51. The summed E-state index contributed by atoms with van der Waals surface area (Å²) in [7, 11) is 0. The van der Waals surface area contributed by atoms with E-state index in [-0.39, 0.29) is 17.0 Å². The smallest absolute Gasteiger partial charge is 0.262 e. The Labute approximate surface area is 120 Å². The second-order valence-electron chi connectivity index (χ2n) is 4.87. The molecule has 2 aromatic heterocycles. The van der Waals surface area contributed by atoms with E-state index in [9.17, 15) is 9.90 Å². The predicted molar refractivity (Wildman–Crippen MR) is 79.1 cm³/mol. The van der Waals surface area contributed by atoms with Crippen molar-refractivity contribution in [3.8, 4) is 28.4 Å². The first-order valence-electron chi connectivity index (χ1n) is 6.51. The van der Waals surface area contributed by atoms with Crippen LogP contribution in [0.2, 0.25) is 0 Å². The molecule has 0 aliphatic rings. The normalized spacial score (nSPS) is 10.8. The van der Waals surface area contributed by atoms with E-state index in [0.29, 0.717) is 22.7 Å². The number of hydrogen-bond donors (Lipinski definition) is 2. The second-order valence-corrected chi connectivity index (χ2v) is 4.87. The molecule has 3 rings (SSSR count). The highest BCUT2D eigenvalue weighted by Gasteiger charge is 2.15. The third-order valence-corrected chi connectivity index (χ3v) is 3.35. The summed E-state index contributed by atoms with van der Waals surface area (Å²) < 4.78 is 5.18. The average molecular weight is 282 g/mol. The molecule has 0 atom stereocenters. The van der Waals surface area contributed by atoms with Gasteiger partial charge in [-0.1, -0.05) is 29.8 Å². The molecule has 3 aromatic rings. The Morgan fingerprint density at radius 2 is 1.86 bits per heavy atom. The molecule has 0 bridgehead atoms. The number of aromatic hydroxyl groups is 1. The van der Waals surface area contributed by atoms with Crippen LogP contribution in [0, 0.1) is 13.8 Å². The maximum atomic E-state index is 12.3. The molecule has 0 saturated heterocycles. The molecule has 0 unspecified atom stereocenters. The number of rotatable bonds is 2. The molecule has 5 heteroatoms. The highest BCUT2D eigenvalue weighted by molar-refractivity contribution is 5.69. The lowest BCUT2D eigenvalue weighted by molar-refractivity contribution is 0.454. The van der Waals surface area contributed by atoms with Crippen LogP contribution in [0.15, 0.2) is 45.8 Å². The number of hydrogen-bond acceptors (Lipinski definition) is 4. The number of nitrogens with one attached hydrogen (secondary N) is 1. The maximum Gasteiger partial charge on any atom is 0.262 e. The fourth-order valence-corrected chi connectivity index (χ4v) is 2.20. The molecule has 2 N–H and O–H groups in total. The van der Waals surface area contributed by atoms with Gasteiger partial charge in [-0.05, 0) is 25.5 Å². The molecule has 21 heavy (non-hydrogen) atoms. The number of aryl methyl sites for hydroxylation is 2. The van der Waals surface area contributed by atoms with Gasteiger partial charge >= 0.3 is 0 Å². The van der Waals surface area contributed by atoms with Crippen LogP contribution in [0.5, 0.6) is 5.88 Å². The average Bonchev–Trinajstić information content (AvgIpc) is 2.86. The van der Waals surface area contributed by atoms with Crippen molar-refractivity contribution in [1.29, 1.82) is 0 Å².